The van der Waals surface area contributed by atoms with Gasteiger partial charge in [0.25, 0.3) is 5.91 Å². The number of nitrogens with one attached hydrogen (secondary N) is 1. The summed E-state index contributed by atoms with van der Waals surface area (Å²) in [5, 5.41) is 3.01. The molecule has 0 bridgehead atoms. The molecule has 0 aliphatic carbocycles. The van der Waals surface area contributed by atoms with Gasteiger partial charge in [0.1, 0.15) is 0 Å². The zero-order valence-corrected chi connectivity index (χ0v) is 18.9. The van der Waals surface area contributed by atoms with Gasteiger partial charge in [-0.3, -0.25) is 4.79 Å². The molecule has 1 aliphatic heterocycles. The van der Waals surface area contributed by atoms with Crippen LogP contribution in [0.2, 0.25) is 0 Å². The van der Waals surface area contributed by atoms with Gasteiger partial charge in [-0.2, -0.15) is 13.2 Å². The fourth-order valence-corrected chi connectivity index (χ4v) is 4.20. The van der Waals surface area contributed by atoms with Crippen molar-refractivity contribution in [1.82, 2.24) is 24.8 Å². The first-order chi connectivity index (χ1) is 16.2. The summed E-state index contributed by atoms with van der Waals surface area (Å²) in [4.78, 5) is 31.7. The second kappa shape index (κ2) is 9.74. The number of amides is 1. The molecule has 3 aromatic rings. The Morgan fingerprint density at radius 2 is 1.85 bits per heavy atom. The fourth-order valence-electron chi connectivity index (χ4n) is 4.20. The van der Waals surface area contributed by atoms with E-state index in [1.165, 1.54) is 0 Å². The van der Waals surface area contributed by atoms with Gasteiger partial charge >= 0.3 is 6.18 Å². The highest BCUT2D eigenvalue weighted by Crippen LogP contribution is 2.30. The van der Waals surface area contributed by atoms with Crippen molar-refractivity contribution in [3.05, 3.63) is 65.7 Å². The second-order valence-electron chi connectivity index (χ2n) is 8.48. The van der Waals surface area contributed by atoms with Crippen molar-refractivity contribution in [2.45, 2.75) is 38.9 Å². The minimum absolute atomic E-state index is 0.0897. The minimum atomic E-state index is -4.49. The van der Waals surface area contributed by atoms with Crippen molar-refractivity contribution in [1.29, 1.82) is 0 Å². The van der Waals surface area contributed by atoms with E-state index in [0.717, 1.165) is 30.8 Å². The SMILES string of the molecule is Cc1ccc(C(=O)N2CCC[C@@H](C)[C@@H]2CNc2ncc(C(F)(F)F)cn2)c(-c2ncccn2)c1. The summed E-state index contributed by atoms with van der Waals surface area (Å²) < 4.78 is 38.3. The van der Waals surface area contributed by atoms with E-state index in [1.807, 2.05) is 24.0 Å². The Hall–Kier alpha value is -3.56. The van der Waals surface area contributed by atoms with E-state index in [4.69, 9.17) is 0 Å². The number of benzene rings is 1. The molecule has 7 nitrogen and oxygen atoms in total. The molecule has 0 spiro atoms. The monoisotopic (exact) mass is 470 g/mol. The number of rotatable bonds is 5. The molecule has 34 heavy (non-hydrogen) atoms. The van der Waals surface area contributed by atoms with Crippen LogP contribution in [0.5, 0.6) is 0 Å². The van der Waals surface area contributed by atoms with Crippen molar-refractivity contribution in [3.8, 4) is 11.4 Å². The Morgan fingerprint density at radius 1 is 1.15 bits per heavy atom. The van der Waals surface area contributed by atoms with Crippen molar-refractivity contribution < 1.29 is 18.0 Å². The lowest BCUT2D eigenvalue weighted by atomic mass is 9.89. The molecule has 1 fully saturated rings. The van der Waals surface area contributed by atoms with Crippen molar-refractivity contribution >= 4 is 11.9 Å². The number of alkyl halides is 3. The van der Waals surface area contributed by atoms with Crippen LogP contribution in [0.1, 0.15) is 41.3 Å². The third kappa shape index (κ3) is 5.16. The predicted octanol–water partition coefficient (Wildman–Crippen LogP) is 4.61. The number of aryl methyl sites for hydroxylation is 1. The van der Waals surface area contributed by atoms with E-state index >= 15 is 0 Å². The molecular formula is C24H25F3N6O. The molecule has 0 radical (unpaired) electrons. The van der Waals surface area contributed by atoms with Crippen LogP contribution in [0.4, 0.5) is 19.1 Å². The average molecular weight is 470 g/mol. The number of anilines is 1. The first-order valence-corrected chi connectivity index (χ1v) is 11.1. The van der Waals surface area contributed by atoms with Gasteiger partial charge in [-0.15, -0.1) is 0 Å². The maximum atomic E-state index is 13.7. The number of carbonyl (C=O) groups is 1. The molecule has 4 rings (SSSR count). The lowest BCUT2D eigenvalue weighted by Gasteiger charge is -2.40. The lowest BCUT2D eigenvalue weighted by Crippen LogP contribution is -2.51. The van der Waals surface area contributed by atoms with E-state index in [0.29, 0.717) is 30.0 Å². The van der Waals surface area contributed by atoms with Gasteiger partial charge in [0.15, 0.2) is 5.82 Å². The smallest absolute Gasteiger partial charge is 0.352 e. The Bertz CT molecular complexity index is 1140. The molecule has 3 heterocycles. The van der Waals surface area contributed by atoms with E-state index in [-0.39, 0.29) is 23.8 Å². The number of piperidine rings is 1. The average Bonchev–Trinajstić information content (AvgIpc) is 2.83. The summed E-state index contributed by atoms with van der Waals surface area (Å²) in [5.41, 5.74) is 1.27. The number of likely N-dealkylation sites (tertiary alicyclic amines) is 1. The predicted molar refractivity (Wildman–Crippen MR) is 121 cm³/mol. The van der Waals surface area contributed by atoms with Crippen LogP contribution in [-0.2, 0) is 6.18 Å². The van der Waals surface area contributed by atoms with Gasteiger partial charge in [0.2, 0.25) is 5.95 Å². The summed E-state index contributed by atoms with van der Waals surface area (Å²) in [6, 6.07) is 7.12. The summed E-state index contributed by atoms with van der Waals surface area (Å²) >= 11 is 0. The molecule has 2 aromatic heterocycles. The Balaban J connectivity index is 1.56. The number of halogens is 3. The first-order valence-electron chi connectivity index (χ1n) is 11.1. The number of nitrogens with zero attached hydrogens (tertiary/aromatic N) is 5. The number of hydrogen-bond acceptors (Lipinski definition) is 6. The maximum absolute atomic E-state index is 13.7. The van der Waals surface area contributed by atoms with Gasteiger partial charge in [-0.25, -0.2) is 19.9 Å². The minimum Gasteiger partial charge on any atom is -0.352 e. The highest BCUT2D eigenvalue weighted by atomic mass is 19.4. The summed E-state index contributed by atoms with van der Waals surface area (Å²) in [7, 11) is 0. The van der Waals surface area contributed by atoms with Crippen LogP contribution in [0, 0.1) is 12.8 Å². The Labute approximate surface area is 195 Å². The zero-order valence-electron chi connectivity index (χ0n) is 18.9. The summed E-state index contributed by atoms with van der Waals surface area (Å²) in [5.74, 6) is 0.620. The van der Waals surface area contributed by atoms with E-state index in [9.17, 15) is 18.0 Å². The topological polar surface area (TPSA) is 83.9 Å². The van der Waals surface area contributed by atoms with Crippen LogP contribution in [0.15, 0.2) is 49.1 Å². The fraction of sp³-hybridized carbons (Fsp3) is 0.375. The largest absolute Gasteiger partial charge is 0.419 e. The highest BCUT2D eigenvalue weighted by molar-refractivity contribution is 6.00. The van der Waals surface area contributed by atoms with Gasteiger partial charge in [0.05, 0.1) is 17.2 Å². The maximum Gasteiger partial charge on any atom is 0.419 e. The third-order valence-electron chi connectivity index (χ3n) is 6.04. The van der Waals surface area contributed by atoms with Crippen LogP contribution in [0.3, 0.4) is 0 Å². The number of hydrogen-bond donors (Lipinski definition) is 1. The van der Waals surface area contributed by atoms with Crippen LogP contribution < -0.4 is 5.32 Å². The van der Waals surface area contributed by atoms with Crippen LogP contribution >= 0.6 is 0 Å². The van der Waals surface area contributed by atoms with Gasteiger partial charge < -0.3 is 10.2 Å². The molecule has 2 atom stereocenters. The third-order valence-corrected chi connectivity index (χ3v) is 6.04. The van der Waals surface area contributed by atoms with Crippen molar-refractivity contribution in [2.75, 3.05) is 18.4 Å². The van der Waals surface area contributed by atoms with E-state index in [1.54, 1.807) is 24.5 Å². The Kier molecular flexibility index (Phi) is 6.76. The number of aromatic nitrogens is 4. The van der Waals surface area contributed by atoms with Gasteiger partial charge in [-0.05, 0) is 43.9 Å². The second-order valence-corrected chi connectivity index (χ2v) is 8.48. The van der Waals surface area contributed by atoms with E-state index in [2.05, 4.69) is 32.2 Å². The summed E-state index contributed by atoms with van der Waals surface area (Å²) in [6.07, 6.45) is 2.09. The quantitative estimate of drug-likeness (QED) is 0.586. The normalized spacial score (nSPS) is 18.6. The number of carbonyl (C=O) groups excluding carboxylic acids is 1. The van der Waals surface area contributed by atoms with Gasteiger partial charge in [0, 0.05) is 43.4 Å². The molecular weight excluding hydrogens is 445 g/mol. The van der Waals surface area contributed by atoms with Crippen molar-refractivity contribution in [3.63, 3.8) is 0 Å². The molecule has 0 saturated carbocycles. The molecule has 1 N–H and O–H groups in total. The first kappa shape index (κ1) is 23.6. The highest BCUT2D eigenvalue weighted by Gasteiger charge is 2.34. The van der Waals surface area contributed by atoms with Crippen LogP contribution in [0.25, 0.3) is 11.4 Å². The summed E-state index contributed by atoms with van der Waals surface area (Å²) in [6.45, 7) is 4.91. The molecule has 1 aromatic carbocycles. The van der Waals surface area contributed by atoms with Gasteiger partial charge in [-0.1, -0.05) is 18.6 Å². The molecule has 1 aliphatic rings. The lowest BCUT2D eigenvalue weighted by molar-refractivity contribution is -0.138. The molecule has 178 valence electrons. The molecule has 1 saturated heterocycles. The Morgan fingerprint density at radius 3 is 2.53 bits per heavy atom. The molecule has 0 unspecified atom stereocenters. The molecule has 1 amide bonds. The van der Waals surface area contributed by atoms with Crippen molar-refractivity contribution in [2.24, 2.45) is 5.92 Å². The zero-order chi connectivity index (χ0) is 24.3. The standard InChI is InChI=1S/C24H25F3N6O/c1-15-6-7-18(19(11-15)21-28-8-4-9-29-21)22(34)33-10-3-5-16(2)20(33)14-32-23-30-12-17(13-31-23)24(25,26)27/h4,6-9,11-13,16,20H,3,5,10,14H2,1-2H3,(H,30,31,32)/t16-,20+/m1/s1. The van der Waals surface area contributed by atoms with Crippen LogP contribution in [-0.4, -0.2) is 49.9 Å². The molecule has 10 heteroatoms. The van der Waals surface area contributed by atoms with E-state index < -0.39 is 11.7 Å².